The summed E-state index contributed by atoms with van der Waals surface area (Å²) in [5.41, 5.74) is 3.74. The minimum Gasteiger partial charge on any atom is -0.497 e. The molecule has 29 heavy (non-hydrogen) atoms. The molecule has 0 fully saturated rings. The Balaban J connectivity index is 2.02. The third kappa shape index (κ3) is 3.55. The number of aromatic nitrogens is 2. The SMILES string of the molecule is CCOP(=O)(OCC)c1cc2c([nH]c3ccccc32)c(-c2ccc(OC)cc2)n1. The van der Waals surface area contributed by atoms with E-state index in [1.165, 1.54) is 0 Å². The van der Waals surface area contributed by atoms with Crippen molar-refractivity contribution in [2.75, 3.05) is 20.3 Å². The second kappa shape index (κ2) is 7.99. The molecule has 4 rings (SSSR count). The Kier molecular flexibility index (Phi) is 5.41. The van der Waals surface area contributed by atoms with Crippen molar-refractivity contribution >= 4 is 34.8 Å². The summed E-state index contributed by atoms with van der Waals surface area (Å²) in [5, 5.41) is 1.96. The number of fused-ring (bicyclic) bond motifs is 3. The van der Waals surface area contributed by atoms with Crippen LogP contribution in [0.2, 0.25) is 0 Å². The van der Waals surface area contributed by atoms with Gasteiger partial charge in [-0.25, -0.2) is 4.98 Å². The van der Waals surface area contributed by atoms with Crippen LogP contribution in [0.4, 0.5) is 0 Å². The fourth-order valence-corrected chi connectivity index (χ4v) is 4.97. The zero-order chi connectivity index (χ0) is 20.4. The van der Waals surface area contributed by atoms with Gasteiger partial charge in [-0.2, -0.15) is 0 Å². The molecule has 150 valence electrons. The van der Waals surface area contributed by atoms with E-state index >= 15 is 0 Å². The monoisotopic (exact) mass is 410 g/mol. The Labute approximate surface area is 169 Å². The molecule has 2 aromatic heterocycles. The highest BCUT2D eigenvalue weighted by Gasteiger charge is 2.30. The van der Waals surface area contributed by atoms with Crippen molar-refractivity contribution in [2.45, 2.75) is 13.8 Å². The molecule has 2 heterocycles. The topological polar surface area (TPSA) is 73.4 Å². The van der Waals surface area contributed by atoms with Gasteiger partial charge >= 0.3 is 7.60 Å². The van der Waals surface area contributed by atoms with E-state index in [0.717, 1.165) is 33.1 Å². The van der Waals surface area contributed by atoms with Crippen molar-refractivity contribution in [1.29, 1.82) is 0 Å². The first-order valence-electron chi connectivity index (χ1n) is 9.55. The number of benzene rings is 2. The van der Waals surface area contributed by atoms with Gasteiger partial charge < -0.3 is 18.8 Å². The Morgan fingerprint density at radius 2 is 1.66 bits per heavy atom. The van der Waals surface area contributed by atoms with Gasteiger partial charge in [0.25, 0.3) is 0 Å². The van der Waals surface area contributed by atoms with Crippen LogP contribution in [0.3, 0.4) is 0 Å². The van der Waals surface area contributed by atoms with E-state index < -0.39 is 7.60 Å². The van der Waals surface area contributed by atoms with Crippen molar-refractivity contribution < 1.29 is 18.3 Å². The molecule has 7 heteroatoms. The van der Waals surface area contributed by atoms with Crippen LogP contribution in [0, 0.1) is 0 Å². The Morgan fingerprint density at radius 3 is 2.31 bits per heavy atom. The molecule has 0 aliphatic rings. The highest BCUT2D eigenvalue weighted by atomic mass is 31.2. The van der Waals surface area contributed by atoms with Crippen molar-refractivity contribution in [2.24, 2.45) is 0 Å². The smallest absolute Gasteiger partial charge is 0.379 e. The summed E-state index contributed by atoms with van der Waals surface area (Å²) in [6.07, 6.45) is 0. The lowest BCUT2D eigenvalue weighted by atomic mass is 10.1. The molecule has 0 spiro atoms. The molecule has 6 nitrogen and oxygen atoms in total. The Bertz CT molecular complexity index is 1190. The van der Waals surface area contributed by atoms with Crippen molar-refractivity contribution in [3.8, 4) is 17.0 Å². The molecular formula is C22H23N2O4P. The van der Waals surface area contributed by atoms with Gasteiger partial charge in [0.05, 0.1) is 31.5 Å². The Hall–Kier alpha value is -2.66. The number of hydrogen-bond donors (Lipinski definition) is 1. The number of aromatic amines is 1. The number of nitrogens with one attached hydrogen (secondary N) is 1. The number of pyridine rings is 1. The van der Waals surface area contributed by atoms with Crippen LogP contribution >= 0.6 is 7.60 Å². The summed E-state index contributed by atoms with van der Waals surface area (Å²) >= 11 is 0. The van der Waals surface area contributed by atoms with E-state index in [0.29, 0.717) is 11.1 Å². The average Bonchev–Trinajstić information content (AvgIpc) is 3.12. The molecule has 0 amide bonds. The molecule has 0 bridgehead atoms. The van der Waals surface area contributed by atoms with E-state index in [1.54, 1.807) is 21.0 Å². The van der Waals surface area contributed by atoms with Crippen LogP contribution < -0.4 is 10.2 Å². The van der Waals surface area contributed by atoms with Crippen molar-refractivity contribution in [3.63, 3.8) is 0 Å². The highest BCUT2D eigenvalue weighted by Crippen LogP contribution is 2.47. The van der Waals surface area contributed by atoms with E-state index in [4.69, 9.17) is 18.8 Å². The minimum absolute atomic E-state index is 0.267. The van der Waals surface area contributed by atoms with Gasteiger partial charge in [-0.05, 0) is 50.2 Å². The maximum atomic E-state index is 13.5. The summed E-state index contributed by atoms with van der Waals surface area (Å²) < 4.78 is 29.9. The Morgan fingerprint density at radius 1 is 0.966 bits per heavy atom. The number of nitrogens with zero attached hydrogens (tertiary/aromatic N) is 1. The number of para-hydroxylation sites is 1. The largest absolute Gasteiger partial charge is 0.497 e. The minimum atomic E-state index is -3.54. The van der Waals surface area contributed by atoms with Gasteiger partial charge in [0, 0.05) is 21.9 Å². The lowest BCUT2D eigenvalue weighted by Gasteiger charge is -2.17. The van der Waals surface area contributed by atoms with Crippen LogP contribution in [-0.2, 0) is 13.6 Å². The quantitative estimate of drug-likeness (QED) is 0.420. The first-order valence-corrected chi connectivity index (χ1v) is 11.1. The first kappa shape index (κ1) is 19.6. The van der Waals surface area contributed by atoms with Gasteiger partial charge in [-0.1, -0.05) is 18.2 Å². The van der Waals surface area contributed by atoms with Gasteiger partial charge in [0.15, 0.2) is 5.44 Å². The van der Waals surface area contributed by atoms with Crippen LogP contribution in [0.15, 0.2) is 54.6 Å². The number of methoxy groups -OCH3 is 1. The van der Waals surface area contributed by atoms with Crippen LogP contribution in [0.25, 0.3) is 33.1 Å². The van der Waals surface area contributed by atoms with Crippen LogP contribution in [0.5, 0.6) is 5.75 Å². The van der Waals surface area contributed by atoms with Crippen molar-refractivity contribution in [1.82, 2.24) is 9.97 Å². The number of H-pyrrole nitrogens is 1. The van der Waals surface area contributed by atoms with Crippen LogP contribution in [0.1, 0.15) is 13.8 Å². The summed E-state index contributed by atoms with van der Waals surface area (Å²) in [7, 11) is -1.91. The fraction of sp³-hybridized carbons (Fsp3) is 0.227. The molecule has 0 aliphatic heterocycles. The molecule has 4 aromatic rings. The molecule has 2 aromatic carbocycles. The third-order valence-corrected chi connectivity index (χ3v) is 6.71. The zero-order valence-corrected chi connectivity index (χ0v) is 17.5. The first-order chi connectivity index (χ1) is 14.1. The average molecular weight is 410 g/mol. The lowest BCUT2D eigenvalue weighted by Crippen LogP contribution is -2.15. The summed E-state index contributed by atoms with van der Waals surface area (Å²) in [6, 6.07) is 17.4. The lowest BCUT2D eigenvalue weighted by molar-refractivity contribution is 0.229. The van der Waals surface area contributed by atoms with E-state index in [1.807, 2.05) is 54.6 Å². The predicted molar refractivity (Wildman–Crippen MR) is 116 cm³/mol. The van der Waals surface area contributed by atoms with Gasteiger partial charge in [0.2, 0.25) is 0 Å². The molecule has 0 aliphatic carbocycles. The molecule has 0 unspecified atom stereocenters. The standard InChI is InChI=1S/C22H23N2O4P/c1-4-27-29(25,28-5-2)20-14-18-17-8-6-7-9-19(17)23-22(18)21(24-20)15-10-12-16(26-3)13-11-15/h6-14,23H,4-5H2,1-3H3. The molecular weight excluding hydrogens is 387 g/mol. The van der Waals surface area contributed by atoms with Crippen LogP contribution in [-0.4, -0.2) is 30.3 Å². The summed E-state index contributed by atoms with van der Waals surface area (Å²) in [4.78, 5) is 8.20. The second-order valence-electron chi connectivity index (χ2n) is 6.48. The third-order valence-electron chi connectivity index (χ3n) is 4.72. The van der Waals surface area contributed by atoms with Gasteiger partial charge in [-0.15, -0.1) is 0 Å². The van der Waals surface area contributed by atoms with Gasteiger partial charge in [0.1, 0.15) is 5.75 Å². The van der Waals surface area contributed by atoms with E-state index in [-0.39, 0.29) is 13.2 Å². The van der Waals surface area contributed by atoms with Gasteiger partial charge in [-0.3, -0.25) is 4.57 Å². The number of ether oxygens (including phenoxy) is 1. The van der Waals surface area contributed by atoms with E-state index in [2.05, 4.69) is 4.98 Å². The summed E-state index contributed by atoms with van der Waals surface area (Å²) in [5.74, 6) is 0.757. The highest BCUT2D eigenvalue weighted by molar-refractivity contribution is 7.62. The zero-order valence-electron chi connectivity index (χ0n) is 16.6. The maximum Gasteiger partial charge on any atom is 0.379 e. The molecule has 0 saturated carbocycles. The molecule has 1 N–H and O–H groups in total. The molecule has 0 saturated heterocycles. The summed E-state index contributed by atoms with van der Waals surface area (Å²) in [6.45, 7) is 4.12. The van der Waals surface area contributed by atoms with E-state index in [9.17, 15) is 4.57 Å². The maximum absolute atomic E-state index is 13.5. The number of rotatable bonds is 7. The normalized spacial score (nSPS) is 12.0. The number of hydrogen-bond acceptors (Lipinski definition) is 5. The second-order valence-corrected chi connectivity index (χ2v) is 8.45. The predicted octanol–water partition coefficient (Wildman–Crippen LogP) is 5.28. The fourth-order valence-electron chi connectivity index (χ4n) is 3.44. The molecule has 0 radical (unpaired) electrons. The molecule has 0 atom stereocenters. The van der Waals surface area contributed by atoms with Crippen molar-refractivity contribution in [3.05, 3.63) is 54.6 Å².